The molecule has 34 heavy (non-hydrogen) atoms. The van der Waals surface area contributed by atoms with Crippen LogP contribution in [0.1, 0.15) is 50.4 Å². The molecule has 2 atom stereocenters. The van der Waals surface area contributed by atoms with E-state index in [0.29, 0.717) is 36.3 Å². The SMILES string of the molecule is COc1ccc(C(=O)ON=C2CC3(C(=O)Nc4ccccc4[N+](=O)[O-])CCC2(C)C3(C)C)cc1. The maximum absolute atomic E-state index is 13.6. The van der Waals surface area contributed by atoms with Crippen LogP contribution in [0.25, 0.3) is 0 Å². The van der Waals surface area contributed by atoms with Crippen LogP contribution < -0.4 is 10.1 Å². The van der Waals surface area contributed by atoms with Crippen molar-refractivity contribution >= 4 is 29.0 Å². The van der Waals surface area contributed by atoms with Gasteiger partial charge < -0.3 is 14.9 Å². The number of nitro benzene ring substituents is 1. The van der Waals surface area contributed by atoms with Gasteiger partial charge in [-0.3, -0.25) is 14.9 Å². The largest absolute Gasteiger partial charge is 0.497 e. The van der Waals surface area contributed by atoms with Crippen molar-refractivity contribution in [2.24, 2.45) is 21.4 Å². The van der Waals surface area contributed by atoms with Gasteiger partial charge in [0.15, 0.2) is 0 Å². The molecule has 2 aromatic rings. The van der Waals surface area contributed by atoms with Gasteiger partial charge in [0.1, 0.15) is 11.4 Å². The molecular weight excluding hydrogens is 438 g/mol. The number of nitrogens with zero attached hydrogens (tertiary/aromatic N) is 2. The quantitative estimate of drug-likeness (QED) is 0.365. The summed E-state index contributed by atoms with van der Waals surface area (Å²) in [5.41, 5.74) is -0.841. The van der Waals surface area contributed by atoms with Crippen LogP contribution >= 0.6 is 0 Å². The summed E-state index contributed by atoms with van der Waals surface area (Å²) in [5.74, 6) is -0.267. The van der Waals surface area contributed by atoms with E-state index in [-0.39, 0.29) is 17.3 Å². The number of fused-ring (bicyclic) bond motifs is 2. The molecule has 178 valence electrons. The number of hydrogen-bond donors (Lipinski definition) is 1. The molecular formula is C25H27N3O6. The lowest BCUT2D eigenvalue weighted by Gasteiger charge is -2.39. The van der Waals surface area contributed by atoms with Gasteiger partial charge in [-0.2, -0.15) is 0 Å². The molecule has 2 bridgehead atoms. The first-order valence-electron chi connectivity index (χ1n) is 11.0. The summed E-state index contributed by atoms with van der Waals surface area (Å²) in [6.07, 6.45) is 1.59. The van der Waals surface area contributed by atoms with Gasteiger partial charge in [-0.1, -0.05) is 38.1 Å². The number of carbonyl (C=O) groups excluding carboxylic acids is 2. The molecule has 0 spiro atoms. The zero-order valence-electron chi connectivity index (χ0n) is 19.6. The Labute approximate surface area is 197 Å². The topological polar surface area (TPSA) is 120 Å². The third kappa shape index (κ3) is 3.43. The molecule has 0 aromatic heterocycles. The minimum Gasteiger partial charge on any atom is -0.497 e. The van der Waals surface area contributed by atoms with Gasteiger partial charge in [0.25, 0.3) is 5.69 Å². The third-order valence-corrected chi connectivity index (χ3v) is 8.08. The highest BCUT2D eigenvalue weighted by atomic mass is 16.7. The Hall–Kier alpha value is -3.75. The summed E-state index contributed by atoms with van der Waals surface area (Å²) >= 11 is 0. The molecule has 0 saturated heterocycles. The fourth-order valence-electron chi connectivity index (χ4n) is 5.38. The normalized spacial score (nSPS) is 25.7. The van der Waals surface area contributed by atoms with Crippen LogP contribution in [-0.4, -0.2) is 29.6 Å². The van der Waals surface area contributed by atoms with Crippen molar-refractivity contribution in [3.63, 3.8) is 0 Å². The summed E-state index contributed by atoms with van der Waals surface area (Å²) in [4.78, 5) is 42.3. The zero-order chi connectivity index (χ0) is 24.7. The van der Waals surface area contributed by atoms with E-state index in [2.05, 4.69) is 10.5 Å². The molecule has 1 amide bonds. The van der Waals surface area contributed by atoms with Crippen LogP contribution in [0.3, 0.4) is 0 Å². The van der Waals surface area contributed by atoms with Gasteiger partial charge in [-0.25, -0.2) is 4.79 Å². The summed E-state index contributed by atoms with van der Waals surface area (Å²) in [6.45, 7) is 6.04. The number of carbonyl (C=O) groups is 2. The Morgan fingerprint density at radius 1 is 1.06 bits per heavy atom. The van der Waals surface area contributed by atoms with Crippen molar-refractivity contribution in [1.29, 1.82) is 0 Å². The first-order valence-corrected chi connectivity index (χ1v) is 11.0. The van der Waals surface area contributed by atoms with Gasteiger partial charge in [0.2, 0.25) is 5.91 Å². The van der Waals surface area contributed by atoms with Crippen LogP contribution in [0, 0.1) is 26.4 Å². The summed E-state index contributed by atoms with van der Waals surface area (Å²) in [7, 11) is 1.54. The van der Waals surface area contributed by atoms with Crippen LogP contribution in [0.5, 0.6) is 5.75 Å². The van der Waals surface area contributed by atoms with Gasteiger partial charge in [0, 0.05) is 17.9 Å². The molecule has 4 rings (SSSR count). The number of ether oxygens (including phenoxy) is 1. The molecule has 9 nitrogen and oxygen atoms in total. The Morgan fingerprint density at radius 2 is 1.74 bits per heavy atom. The highest BCUT2D eigenvalue weighted by Crippen LogP contribution is 2.71. The maximum atomic E-state index is 13.6. The molecule has 2 fully saturated rings. The Kier molecular flexibility index (Phi) is 5.67. The second-order valence-electron chi connectivity index (χ2n) is 9.59. The van der Waals surface area contributed by atoms with Crippen molar-refractivity contribution in [1.82, 2.24) is 0 Å². The molecule has 9 heteroatoms. The maximum Gasteiger partial charge on any atom is 0.365 e. The second-order valence-corrected chi connectivity index (χ2v) is 9.59. The number of amides is 1. The number of nitrogens with one attached hydrogen (secondary N) is 1. The first-order chi connectivity index (χ1) is 16.1. The first kappa shape index (κ1) is 23.4. The summed E-state index contributed by atoms with van der Waals surface area (Å²) in [6, 6.07) is 12.6. The average Bonchev–Trinajstić information content (AvgIpc) is 3.13. The standard InChI is InChI=1S/C25H27N3O6/c1-23(2)24(3)13-14-25(23,22(30)26-18-7-5-6-8-19(18)28(31)32)15-20(24)27-34-21(29)16-9-11-17(33-4)12-10-16/h5-12H,13-15H2,1-4H3,(H,26,30). The van der Waals surface area contributed by atoms with Crippen molar-refractivity contribution in [3.05, 3.63) is 64.2 Å². The number of anilines is 1. The lowest BCUT2D eigenvalue weighted by molar-refractivity contribution is -0.383. The number of oxime groups is 1. The minimum atomic E-state index is -0.836. The lowest BCUT2D eigenvalue weighted by Crippen LogP contribution is -2.43. The molecule has 0 heterocycles. The van der Waals surface area contributed by atoms with Crippen molar-refractivity contribution in [2.75, 3.05) is 12.4 Å². The molecule has 2 aromatic carbocycles. The average molecular weight is 466 g/mol. The fourth-order valence-corrected chi connectivity index (χ4v) is 5.38. The molecule has 2 saturated carbocycles. The minimum absolute atomic E-state index is 0.160. The number of rotatable bonds is 6. The molecule has 2 aliphatic carbocycles. The number of nitro groups is 1. The smallest absolute Gasteiger partial charge is 0.365 e. The molecule has 2 aliphatic rings. The van der Waals surface area contributed by atoms with Gasteiger partial charge >= 0.3 is 5.97 Å². The number of methoxy groups -OCH3 is 1. The highest BCUT2D eigenvalue weighted by Gasteiger charge is 2.71. The number of hydrogen-bond acceptors (Lipinski definition) is 7. The van der Waals surface area contributed by atoms with Crippen LogP contribution in [0.15, 0.2) is 53.7 Å². The fraction of sp³-hybridized carbons (Fsp3) is 0.400. The van der Waals surface area contributed by atoms with E-state index in [4.69, 9.17) is 9.57 Å². The highest BCUT2D eigenvalue weighted by molar-refractivity contribution is 6.07. The van der Waals surface area contributed by atoms with Crippen LogP contribution in [0.4, 0.5) is 11.4 Å². The Balaban J connectivity index is 1.59. The van der Waals surface area contributed by atoms with E-state index in [0.717, 1.165) is 0 Å². The molecule has 0 aliphatic heterocycles. The van der Waals surface area contributed by atoms with Gasteiger partial charge in [-0.15, -0.1) is 0 Å². The van der Waals surface area contributed by atoms with Crippen molar-refractivity contribution in [2.45, 2.75) is 40.0 Å². The lowest BCUT2D eigenvalue weighted by atomic mass is 9.64. The van der Waals surface area contributed by atoms with Gasteiger partial charge in [-0.05, 0) is 48.6 Å². The van der Waals surface area contributed by atoms with E-state index >= 15 is 0 Å². The molecule has 0 radical (unpaired) electrons. The molecule has 2 unspecified atom stereocenters. The Morgan fingerprint density at radius 3 is 2.38 bits per heavy atom. The zero-order valence-corrected chi connectivity index (χ0v) is 19.6. The van der Waals surface area contributed by atoms with E-state index < -0.39 is 27.1 Å². The van der Waals surface area contributed by atoms with E-state index in [1.54, 1.807) is 43.5 Å². The summed E-state index contributed by atoms with van der Waals surface area (Å²) < 4.78 is 5.10. The van der Waals surface area contributed by atoms with Crippen LogP contribution in [0.2, 0.25) is 0 Å². The monoisotopic (exact) mass is 465 g/mol. The predicted octanol–water partition coefficient (Wildman–Crippen LogP) is 4.97. The Bertz CT molecular complexity index is 1190. The van der Waals surface area contributed by atoms with E-state index in [1.165, 1.54) is 12.1 Å². The van der Waals surface area contributed by atoms with Gasteiger partial charge in [0.05, 0.1) is 28.7 Å². The van der Waals surface area contributed by atoms with Crippen molar-refractivity contribution < 1.29 is 24.1 Å². The third-order valence-electron chi connectivity index (χ3n) is 8.08. The number of benzene rings is 2. The van der Waals surface area contributed by atoms with E-state index in [9.17, 15) is 19.7 Å². The second kappa shape index (κ2) is 8.23. The summed E-state index contributed by atoms with van der Waals surface area (Å²) in [5, 5.41) is 18.4. The number of para-hydroxylation sites is 2. The van der Waals surface area contributed by atoms with Crippen LogP contribution in [-0.2, 0) is 9.63 Å². The molecule has 1 N–H and O–H groups in total. The van der Waals surface area contributed by atoms with E-state index in [1.807, 2.05) is 20.8 Å². The van der Waals surface area contributed by atoms with Crippen molar-refractivity contribution in [3.8, 4) is 5.75 Å². The predicted molar refractivity (Wildman–Crippen MR) is 126 cm³/mol.